The number of nitrogens with zero attached hydrogens (tertiary/aromatic N) is 9. The number of ether oxygens (including phenoxy) is 5. The van der Waals surface area contributed by atoms with Gasteiger partial charge in [-0.25, -0.2) is 14.8 Å². The van der Waals surface area contributed by atoms with E-state index in [2.05, 4.69) is 73.6 Å². The van der Waals surface area contributed by atoms with Crippen LogP contribution in [-0.2, 0) is 30.9 Å². The molecular formula is C63H74N10O8. The number of pyridine rings is 2. The van der Waals surface area contributed by atoms with Crippen LogP contribution in [0.4, 0.5) is 4.79 Å². The van der Waals surface area contributed by atoms with Gasteiger partial charge in [0.25, 0.3) is 11.1 Å². The number of hydrogen-bond donors (Lipinski definition) is 1. The molecule has 4 aromatic carbocycles. The second-order valence-corrected chi connectivity index (χ2v) is 22.6. The van der Waals surface area contributed by atoms with E-state index >= 15 is 0 Å². The fraction of sp³-hybridized carbons (Fsp3) is 0.413. The number of aromatic nitrogens is 6. The average Bonchev–Trinajstić information content (AvgIpc) is 4.27. The van der Waals surface area contributed by atoms with Crippen LogP contribution in [0.3, 0.4) is 0 Å². The molecule has 4 aromatic heterocycles. The number of piperidine rings is 2. The quantitative estimate of drug-likeness (QED) is 0.110. The zero-order valence-electron chi connectivity index (χ0n) is 47.2. The number of carbonyl (C=O) groups is 1. The van der Waals surface area contributed by atoms with E-state index in [1.165, 1.54) is 5.56 Å². The highest BCUT2D eigenvalue weighted by atomic mass is 16.6. The van der Waals surface area contributed by atoms with Crippen molar-refractivity contribution in [1.82, 2.24) is 48.3 Å². The van der Waals surface area contributed by atoms with Crippen LogP contribution in [0.15, 0.2) is 132 Å². The van der Waals surface area contributed by atoms with Crippen LogP contribution in [0.25, 0.3) is 33.2 Å². The number of carbonyl (C=O) groups excluding carboxylic acids is 1. The predicted octanol–water partition coefficient (Wildman–Crippen LogP) is 8.69. The van der Waals surface area contributed by atoms with Crippen LogP contribution in [0.2, 0.25) is 0 Å². The molecule has 0 radical (unpaired) electrons. The van der Waals surface area contributed by atoms with Crippen LogP contribution in [0, 0.1) is 13.8 Å². The van der Waals surface area contributed by atoms with Gasteiger partial charge in [0.1, 0.15) is 32.0 Å². The van der Waals surface area contributed by atoms with Gasteiger partial charge in [0, 0.05) is 124 Å². The van der Waals surface area contributed by atoms with Crippen LogP contribution >= 0.6 is 0 Å². The van der Waals surface area contributed by atoms with E-state index in [4.69, 9.17) is 23.7 Å². The van der Waals surface area contributed by atoms with Crippen LogP contribution in [0.1, 0.15) is 68.7 Å². The van der Waals surface area contributed by atoms with E-state index in [1.807, 2.05) is 94.4 Å². The molecule has 4 aliphatic rings. The molecule has 18 heteroatoms. The fourth-order valence-electron chi connectivity index (χ4n) is 11.5. The number of aryl methyl sites for hydroxylation is 2. The van der Waals surface area contributed by atoms with Gasteiger partial charge in [0.05, 0.1) is 23.7 Å². The highest BCUT2D eigenvalue weighted by Gasteiger charge is 2.32. The Bertz CT molecular complexity index is 3590. The Morgan fingerprint density at radius 1 is 0.605 bits per heavy atom. The lowest BCUT2D eigenvalue weighted by Gasteiger charge is -2.39. The molecule has 8 aromatic rings. The van der Waals surface area contributed by atoms with Gasteiger partial charge in [-0.05, 0) is 144 Å². The number of likely N-dealkylation sites (tertiary alicyclic amines) is 2. The first-order valence-electron chi connectivity index (χ1n) is 28.5. The van der Waals surface area contributed by atoms with Gasteiger partial charge in [-0.1, -0.05) is 24.3 Å². The zero-order chi connectivity index (χ0) is 56.0. The van der Waals surface area contributed by atoms with Crippen molar-refractivity contribution in [3.63, 3.8) is 0 Å². The molecule has 8 heterocycles. The number of imidazole rings is 2. The monoisotopic (exact) mass is 1100 g/mol. The zero-order valence-corrected chi connectivity index (χ0v) is 47.2. The van der Waals surface area contributed by atoms with Gasteiger partial charge >= 0.3 is 6.09 Å². The van der Waals surface area contributed by atoms with Crippen LogP contribution < -0.4 is 35.4 Å². The molecule has 424 valence electrons. The first kappa shape index (κ1) is 55.0. The molecule has 81 heavy (non-hydrogen) atoms. The summed E-state index contributed by atoms with van der Waals surface area (Å²) >= 11 is 0. The number of benzene rings is 4. The molecule has 0 aliphatic carbocycles. The van der Waals surface area contributed by atoms with E-state index in [0.29, 0.717) is 57.9 Å². The summed E-state index contributed by atoms with van der Waals surface area (Å²) in [4.78, 5) is 54.6. The first-order valence-corrected chi connectivity index (χ1v) is 28.5. The first-order chi connectivity index (χ1) is 39.3. The SMILES string of the molecule is Cc1cc(=O)n(CCN2CCC(N(Cc3ccc4c(c3)OCCO4)C(=O)OC(C)(C)C)CC2)c2cc(-n3ccnc3)ccc12.Cc1cc(=O)n(CCN2CCC(NCc3ccc4c(c3)OCCO4)CC2)c2cc(-n3ccnc3)ccc12. The van der Waals surface area contributed by atoms with Crippen molar-refractivity contribution in [2.75, 3.05) is 65.7 Å². The number of fused-ring (bicyclic) bond motifs is 4. The standard InChI is InChI=1S/C34H41N5O5.C29H33N5O3/c1-24-19-32(40)38(29-21-27(6-7-28(24)29)37-14-11-35-23-37)16-15-36-12-9-26(10-13-36)39(33(41)44-34(2,3)4)22-25-5-8-30-31(20-25)43-18-17-42-30;1-21-16-29(35)34(26-18-24(3-4-25(21)26)33-11-8-30-20-33)13-12-32-9-6-23(7-10-32)31-19-22-2-5-27-28(17-22)37-15-14-36-27/h5-8,11,14,19-21,23,26H,9-10,12-13,15-18,22H2,1-4H3;2-5,8,11,16-18,20,23,31H,6-7,9-10,12-15,19H2,1H3. The summed E-state index contributed by atoms with van der Waals surface area (Å²) in [5.41, 5.74) is 7.52. The summed E-state index contributed by atoms with van der Waals surface area (Å²) in [6.07, 6.45) is 14.4. The molecular weight excluding hydrogens is 1020 g/mol. The second-order valence-electron chi connectivity index (χ2n) is 22.6. The van der Waals surface area contributed by atoms with Crippen LogP contribution in [0.5, 0.6) is 23.0 Å². The maximum Gasteiger partial charge on any atom is 0.410 e. The minimum absolute atomic E-state index is 0.00296. The summed E-state index contributed by atoms with van der Waals surface area (Å²) in [5, 5.41) is 5.90. The van der Waals surface area contributed by atoms with E-state index in [0.717, 1.165) is 139 Å². The van der Waals surface area contributed by atoms with Gasteiger partial charge in [0.15, 0.2) is 23.0 Å². The third kappa shape index (κ3) is 13.1. The highest BCUT2D eigenvalue weighted by Crippen LogP contribution is 2.33. The molecule has 12 rings (SSSR count). The maximum atomic E-state index is 13.4. The van der Waals surface area contributed by atoms with E-state index in [9.17, 15) is 14.4 Å². The molecule has 0 spiro atoms. The lowest BCUT2D eigenvalue weighted by molar-refractivity contribution is 0.00561. The summed E-state index contributed by atoms with van der Waals surface area (Å²) in [7, 11) is 0. The lowest BCUT2D eigenvalue weighted by Crippen LogP contribution is -2.49. The topological polar surface area (TPSA) is 165 Å². The average molecular weight is 1100 g/mol. The van der Waals surface area contributed by atoms with E-state index in [1.54, 1.807) is 37.2 Å². The molecule has 2 saturated heterocycles. The van der Waals surface area contributed by atoms with Gasteiger partial charge in [0.2, 0.25) is 0 Å². The number of amides is 1. The minimum atomic E-state index is -0.593. The van der Waals surface area contributed by atoms with Crippen LogP contribution in [-0.4, -0.2) is 132 Å². The molecule has 2 fully saturated rings. The molecule has 0 atom stereocenters. The predicted molar refractivity (Wildman–Crippen MR) is 313 cm³/mol. The molecule has 0 saturated carbocycles. The summed E-state index contributed by atoms with van der Waals surface area (Å²) < 4.78 is 36.4. The van der Waals surface area contributed by atoms with Crippen molar-refractivity contribution in [2.45, 2.75) is 104 Å². The Balaban J connectivity index is 0.000000173. The van der Waals surface area contributed by atoms with Gasteiger partial charge in [-0.15, -0.1) is 0 Å². The molecule has 18 nitrogen and oxygen atoms in total. The Kier molecular flexibility index (Phi) is 16.6. The Labute approximate surface area is 472 Å². The molecule has 4 aliphatic heterocycles. The number of hydrogen-bond acceptors (Lipinski definition) is 13. The third-order valence-electron chi connectivity index (χ3n) is 15.9. The van der Waals surface area contributed by atoms with Gasteiger partial charge < -0.3 is 62.0 Å². The van der Waals surface area contributed by atoms with Gasteiger partial charge in [-0.2, -0.15) is 0 Å². The van der Waals surface area contributed by atoms with E-state index in [-0.39, 0.29) is 23.3 Å². The maximum absolute atomic E-state index is 13.4. The molecule has 0 unspecified atom stereocenters. The summed E-state index contributed by atoms with van der Waals surface area (Å²) in [5.74, 6) is 3.12. The van der Waals surface area contributed by atoms with E-state index < -0.39 is 5.60 Å². The highest BCUT2D eigenvalue weighted by molar-refractivity contribution is 5.85. The molecule has 1 N–H and O–H groups in total. The lowest BCUT2D eigenvalue weighted by atomic mass is 10.0. The Hall–Kier alpha value is -7.93. The number of nitrogens with one attached hydrogen (secondary N) is 1. The minimum Gasteiger partial charge on any atom is -0.486 e. The van der Waals surface area contributed by atoms with Crippen molar-refractivity contribution in [3.05, 3.63) is 165 Å². The normalized spacial score (nSPS) is 16.1. The van der Waals surface area contributed by atoms with Crippen molar-refractivity contribution < 1.29 is 28.5 Å². The Morgan fingerprint density at radius 2 is 1.09 bits per heavy atom. The smallest absolute Gasteiger partial charge is 0.410 e. The second kappa shape index (κ2) is 24.4. The van der Waals surface area contributed by atoms with Gasteiger partial charge in [-0.3, -0.25) is 9.59 Å². The Morgan fingerprint density at radius 3 is 1.58 bits per heavy atom. The summed E-state index contributed by atoms with van der Waals surface area (Å²) in [6.45, 7) is 19.8. The summed E-state index contributed by atoms with van der Waals surface area (Å²) in [6, 6.07) is 28.5. The number of rotatable bonds is 14. The van der Waals surface area contributed by atoms with Crippen molar-refractivity contribution >= 4 is 27.9 Å². The van der Waals surface area contributed by atoms with Crippen molar-refractivity contribution in [3.8, 4) is 34.4 Å². The molecule has 0 bridgehead atoms. The van der Waals surface area contributed by atoms with Crippen molar-refractivity contribution in [1.29, 1.82) is 0 Å². The third-order valence-corrected chi connectivity index (χ3v) is 15.9. The molecule has 1 amide bonds. The van der Waals surface area contributed by atoms with Crippen molar-refractivity contribution in [2.24, 2.45) is 0 Å². The largest absolute Gasteiger partial charge is 0.486 e. The fourth-order valence-corrected chi connectivity index (χ4v) is 11.5.